The zero-order chi connectivity index (χ0) is 15.1. The summed E-state index contributed by atoms with van der Waals surface area (Å²) in [7, 11) is 0. The van der Waals surface area contributed by atoms with Crippen LogP contribution in [-0.2, 0) is 12.8 Å². The molecule has 0 radical (unpaired) electrons. The SMILES string of the molecule is CCCc1cccc(CCC)c1/N=C(/Cl)c1ccccc1. The third-order valence-corrected chi connectivity index (χ3v) is 3.77. The van der Waals surface area contributed by atoms with Gasteiger partial charge in [-0.25, -0.2) is 4.99 Å². The van der Waals surface area contributed by atoms with Gasteiger partial charge >= 0.3 is 0 Å². The molecule has 2 rings (SSSR count). The maximum atomic E-state index is 6.44. The molecule has 110 valence electrons. The van der Waals surface area contributed by atoms with Gasteiger partial charge in [-0.15, -0.1) is 0 Å². The van der Waals surface area contributed by atoms with Gasteiger partial charge in [0.1, 0.15) is 5.17 Å². The summed E-state index contributed by atoms with van der Waals surface area (Å²) >= 11 is 6.44. The second kappa shape index (κ2) is 7.99. The highest BCUT2D eigenvalue weighted by atomic mass is 35.5. The maximum Gasteiger partial charge on any atom is 0.136 e. The molecule has 0 aliphatic rings. The molecule has 0 bridgehead atoms. The first-order valence-corrected chi connectivity index (χ1v) is 8.04. The predicted molar refractivity (Wildman–Crippen MR) is 92.9 cm³/mol. The number of nitrogens with zero attached hydrogens (tertiary/aromatic N) is 1. The second-order valence-electron chi connectivity index (χ2n) is 5.19. The number of benzene rings is 2. The van der Waals surface area contributed by atoms with Crippen LogP contribution in [0.1, 0.15) is 43.4 Å². The van der Waals surface area contributed by atoms with E-state index in [4.69, 9.17) is 16.6 Å². The Bertz CT molecular complexity index is 578. The van der Waals surface area contributed by atoms with Gasteiger partial charge in [0.05, 0.1) is 5.69 Å². The summed E-state index contributed by atoms with van der Waals surface area (Å²) in [5.74, 6) is 0. The molecular weight excluding hydrogens is 278 g/mol. The Morgan fingerprint density at radius 1 is 0.857 bits per heavy atom. The van der Waals surface area contributed by atoms with Crippen molar-refractivity contribution in [3.8, 4) is 0 Å². The molecule has 0 aliphatic heterocycles. The first-order valence-electron chi connectivity index (χ1n) is 7.66. The zero-order valence-electron chi connectivity index (χ0n) is 12.8. The molecule has 21 heavy (non-hydrogen) atoms. The summed E-state index contributed by atoms with van der Waals surface area (Å²) in [4.78, 5) is 4.75. The fourth-order valence-electron chi connectivity index (χ4n) is 2.47. The molecule has 1 nitrogen and oxygen atoms in total. The summed E-state index contributed by atoms with van der Waals surface area (Å²) in [5.41, 5.74) is 4.61. The van der Waals surface area contributed by atoms with Gasteiger partial charge < -0.3 is 0 Å². The van der Waals surface area contributed by atoms with Crippen molar-refractivity contribution in [1.82, 2.24) is 0 Å². The largest absolute Gasteiger partial charge is 0.236 e. The Labute approximate surface area is 132 Å². The molecule has 0 unspecified atom stereocenters. The van der Waals surface area contributed by atoms with E-state index in [-0.39, 0.29) is 0 Å². The van der Waals surface area contributed by atoms with Crippen molar-refractivity contribution in [3.63, 3.8) is 0 Å². The molecule has 0 saturated heterocycles. The minimum atomic E-state index is 0.566. The number of hydrogen-bond donors (Lipinski definition) is 0. The Morgan fingerprint density at radius 3 is 1.95 bits per heavy atom. The van der Waals surface area contributed by atoms with Crippen LogP contribution >= 0.6 is 11.6 Å². The lowest BCUT2D eigenvalue weighted by atomic mass is 10.0. The average molecular weight is 300 g/mol. The minimum absolute atomic E-state index is 0.566. The van der Waals surface area contributed by atoms with E-state index in [1.54, 1.807) is 0 Å². The Hall–Kier alpha value is -1.60. The summed E-state index contributed by atoms with van der Waals surface area (Å²) in [6.45, 7) is 4.39. The fourth-order valence-corrected chi connectivity index (χ4v) is 2.68. The fraction of sp³-hybridized carbons (Fsp3) is 0.316. The number of rotatable bonds is 6. The molecular formula is C19H22ClN. The van der Waals surface area contributed by atoms with Crippen LogP contribution in [0.15, 0.2) is 53.5 Å². The van der Waals surface area contributed by atoms with E-state index in [0.29, 0.717) is 5.17 Å². The summed E-state index contributed by atoms with van der Waals surface area (Å²) in [5, 5.41) is 0.566. The molecule has 0 heterocycles. The van der Waals surface area contributed by atoms with Crippen molar-refractivity contribution in [1.29, 1.82) is 0 Å². The number of halogens is 1. The van der Waals surface area contributed by atoms with Gasteiger partial charge in [0, 0.05) is 5.56 Å². The Kier molecular flexibility index (Phi) is 6.01. The van der Waals surface area contributed by atoms with E-state index in [9.17, 15) is 0 Å². The highest BCUT2D eigenvalue weighted by Crippen LogP contribution is 2.28. The number of hydrogen-bond acceptors (Lipinski definition) is 1. The van der Waals surface area contributed by atoms with Crippen LogP contribution in [-0.4, -0.2) is 5.17 Å². The van der Waals surface area contributed by atoms with Gasteiger partial charge in [0.2, 0.25) is 0 Å². The van der Waals surface area contributed by atoms with Crippen molar-refractivity contribution in [2.45, 2.75) is 39.5 Å². The van der Waals surface area contributed by atoms with Crippen LogP contribution in [0.3, 0.4) is 0 Å². The summed E-state index contributed by atoms with van der Waals surface area (Å²) < 4.78 is 0. The maximum absolute atomic E-state index is 6.44. The van der Waals surface area contributed by atoms with Crippen molar-refractivity contribution < 1.29 is 0 Å². The van der Waals surface area contributed by atoms with Crippen LogP contribution in [0.2, 0.25) is 0 Å². The molecule has 0 N–H and O–H groups in total. The molecule has 0 saturated carbocycles. The molecule has 2 aromatic carbocycles. The van der Waals surface area contributed by atoms with Gasteiger partial charge in [0.15, 0.2) is 0 Å². The zero-order valence-corrected chi connectivity index (χ0v) is 13.5. The third-order valence-electron chi connectivity index (χ3n) is 3.46. The third kappa shape index (κ3) is 4.18. The molecule has 0 aliphatic carbocycles. The van der Waals surface area contributed by atoms with Gasteiger partial charge in [0.25, 0.3) is 0 Å². The van der Waals surface area contributed by atoms with Crippen LogP contribution in [0.25, 0.3) is 0 Å². The van der Waals surface area contributed by atoms with Gasteiger partial charge in [-0.05, 0) is 24.0 Å². The molecule has 0 atom stereocenters. The first kappa shape index (κ1) is 15.8. The van der Waals surface area contributed by atoms with Crippen LogP contribution in [0.5, 0.6) is 0 Å². The smallest absolute Gasteiger partial charge is 0.136 e. The molecule has 0 aromatic heterocycles. The Morgan fingerprint density at radius 2 is 1.43 bits per heavy atom. The standard InChI is InChI=1S/C19H22ClN/c1-3-9-15-13-8-14-16(10-4-2)18(15)21-19(20)17-11-6-5-7-12-17/h5-8,11-14H,3-4,9-10H2,1-2H3/b21-19+. The number of aliphatic imine (C=N–C) groups is 1. The molecule has 2 heteroatoms. The van der Waals surface area contributed by atoms with Gasteiger partial charge in [-0.1, -0.05) is 86.8 Å². The molecule has 2 aromatic rings. The number of aryl methyl sites for hydroxylation is 2. The lowest BCUT2D eigenvalue weighted by molar-refractivity contribution is 0.895. The number of para-hydroxylation sites is 1. The first-order chi connectivity index (χ1) is 10.3. The van der Waals surface area contributed by atoms with Crippen molar-refractivity contribution in [2.75, 3.05) is 0 Å². The van der Waals surface area contributed by atoms with E-state index in [1.165, 1.54) is 11.1 Å². The monoisotopic (exact) mass is 299 g/mol. The second-order valence-corrected chi connectivity index (χ2v) is 5.55. The van der Waals surface area contributed by atoms with E-state index in [2.05, 4.69) is 32.0 Å². The van der Waals surface area contributed by atoms with Crippen LogP contribution in [0, 0.1) is 0 Å². The highest BCUT2D eigenvalue weighted by Gasteiger charge is 2.08. The van der Waals surface area contributed by atoms with Crippen molar-refractivity contribution >= 4 is 22.5 Å². The van der Waals surface area contributed by atoms with Crippen LogP contribution < -0.4 is 0 Å². The Balaban J connectivity index is 2.45. The minimum Gasteiger partial charge on any atom is -0.236 e. The molecule has 0 amide bonds. The topological polar surface area (TPSA) is 12.4 Å². The van der Waals surface area contributed by atoms with Crippen LogP contribution in [0.4, 0.5) is 5.69 Å². The lowest BCUT2D eigenvalue weighted by Crippen LogP contribution is -1.95. The van der Waals surface area contributed by atoms with Crippen molar-refractivity contribution in [3.05, 3.63) is 65.2 Å². The van der Waals surface area contributed by atoms with Gasteiger partial charge in [-0.2, -0.15) is 0 Å². The highest BCUT2D eigenvalue weighted by molar-refractivity contribution is 6.69. The average Bonchev–Trinajstić information content (AvgIpc) is 2.51. The van der Waals surface area contributed by atoms with E-state index >= 15 is 0 Å². The van der Waals surface area contributed by atoms with E-state index in [0.717, 1.165) is 36.9 Å². The van der Waals surface area contributed by atoms with E-state index < -0.39 is 0 Å². The summed E-state index contributed by atoms with van der Waals surface area (Å²) in [6, 6.07) is 16.4. The lowest BCUT2D eigenvalue weighted by Gasteiger charge is -2.11. The van der Waals surface area contributed by atoms with E-state index in [1.807, 2.05) is 30.3 Å². The predicted octanol–water partition coefficient (Wildman–Crippen LogP) is 5.91. The molecule has 0 spiro atoms. The quantitative estimate of drug-likeness (QED) is 0.588. The van der Waals surface area contributed by atoms with Crippen molar-refractivity contribution in [2.24, 2.45) is 4.99 Å². The normalized spacial score (nSPS) is 11.7. The molecule has 0 fully saturated rings. The summed E-state index contributed by atoms with van der Waals surface area (Å²) in [6.07, 6.45) is 4.30. The van der Waals surface area contributed by atoms with Gasteiger partial charge in [-0.3, -0.25) is 0 Å².